The van der Waals surface area contributed by atoms with Crippen LogP contribution in [0.4, 0.5) is 0 Å². The Labute approximate surface area is 141 Å². The molecule has 0 bridgehead atoms. The second-order valence-corrected chi connectivity index (χ2v) is 8.14. The highest BCUT2D eigenvalue weighted by Crippen LogP contribution is 2.67. The lowest BCUT2D eigenvalue weighted by Crippen LogP contribution is -2.26. The quantitative estimate of drug-likeness (QED) is 0.797. The van der Waals surface area contributed by atoms with Crippen LogP contribution in [0.25, 0.3) is 0 Å². The molecule has 0 saturated carbocycles. The van der Waals surface area contributed by atoms with Crippen molar-refractivity contribution in [2.45, 2.75) is 19.0 Å². The van der Waals surface area contributed by atoms with Gasteiger partial charge in [0.15, 0.2) is 11.5 Å². The number of hydrogen-bond acceptors (Lipinski definition) is 6. The number of ether oxygens (including phenoxy) is 1. The minimum Gasteiger partial charge on any atom is -0.504 e. The zero-order valence-electron chi connectivity index (χ0n) is 14.4. The molecule has 0 fully saturated rings. The van der Waals surface area contributed by atoms with Gasteiger partial charge in [-0.2, -0.15) is 0 Å². The van der Waals surface area contributed by atoms with Gasteiger partial charge in [0.2, 0.25) is 0 Å². The van der Waals surface area contributed by atoms with Crippen molar-refractivity contribution in [1.82, 2.24) is 4.98 Å². The lowest BCUT2D eigenvalue weighted by atomic mass is 9.91. The van der Waals surface area contributed by atoms with Gasteiger partial charge in [0.1, 0.15) is 5.16 Å². The van der Waals surface area contributed by atoms with E-state index in [1.807, 2.05) is 6.07 Å². The smallest absolute Gasteiger partial charge is 0.344 e. The lowest BCUT2D eigenvalue weighted by Gasteiger charge is -2.35. The molecule has 7 heteroatoms. The van der Waals surface area contributed by atoms with Crippen molar-refractivity contribution in [2.75, 3.05) is 21.3 Å². The fraction of sp³-hybridized carbons (Fsp3) is 0.353. The summed E-state index contributed by atoms with van der Waals surface area (Å²) in [7, 11) is 0.576. The molecule has 1 aromatic carbocycles. The number of aryl methyl sites for hydroxylation is 1. The predicted molar refractivity (Wildman–Crippen MR) is 91.7 cm³/mol. The number of benzene rings is 1. The number of methoxy groups -OCH3 is 1. The number of phenols is 1. The molecule has 1 heterocycles. The Hall–Kier alpha value is -1.88. The Morgan fingerprint density at radius 1 is 1.17 bits per heavy atom. The molecule has 0 radical (unpaired) electrons. The maximum absolute atomic E-state index is 13.4. The third-order valence-corrected chi connectivity index (χ3v) is 6.87. The molecule has 0 aliphatic heterocycles. The SMILES string of the molecule is COc1cc(C(C)(c2cccnc2)P(=O)(OC)OC)cc(C)c1O. The fourth-order valence-electron chi connectivity index (χ4n) is 2.76. The first-order chi connectivity index (χ1) is 11.3. The van der Waals surface area contributed by atoms with Crippen LogP contribution in [0.15, 0.2) is 36.7 Å². The Morgan fingerprint density at radius 3 is 2.33 bits per heavy atom. The molecule has 2 aromatic rings. The van der Waals surface area contributed by atoms with Crippen LogP contribution < -0.4 is 4.74 Å². The highest BCUT2D eigenvalue weighted by molar-refractivity contribution is 7.55. The van der Waals surface area contributed by atoms with Gasteiger partial charge in [0, 0.05) is 26.6 Å². The van der Waals surface area contributed by atoms with Crippen LogP contribution in [0.5, 0.6) is 11.5 Å². The summed E-state index contributed by atoms with van der Waals surface area (Å²) in [6.07, 6.45) is 3.26. The fourth-order valence-corrected chi connectivity index (χ4v) is 4.53. The summed E-state index contributed by atoms with van der Waals surface area (Å²) in [5.74, 6) is 0.332. The van der Waals surface area contributed by atoms with Crippen LogP contribution >= 0.6 is 7.60 Å². The first-order valence-corrected chi connectivity index (χ1v) is 8.88. The van der Waals surface area contributed by atoms with Crippen molar-refractivity contribution >= 4 is 7.60 Å². The third kappa shape index (κ3) is 2.81. The number of nitrogens with zero attached hydrogens (tertiary/aromatic N) is 1. The van der Waals surface area contributed by atoms with E-state index in [2.05, 4.69) is 4.98 Å². The van der Waals surface area contributed by atoms with E-state index in [1.54, 1.807) is 44.4 Å². The van der Waals surface area contributed by atoms with E-state index >= 15 is 0 Å². The topological polar surface area (TPSA) is 77.9 Å². The number of phenolic OH excluding ortho intramolecular Hbond substituents is 1. The van der Waals surface area contributed by atoms with Crippen molar-refractivity contribution < 1.29 is 23.5 Å². The molecule has 2 rings (SSSR count). The van der Waals surface area contributed by atoms with Crippen LogP contribution in [0.1, 0.15) is 23.6 Å². The summed E-state index contributed by atoms with van der Waals surface area (Å²) in [6, 6.07) is 6.95. The number of aromatic hydroxyl groups is 1. The maximum atomic E-state index is 13.4. The molecule has 1 aromatic heterocycles. The van der Waals surface area contributed by atoms with Crippen LogP contribution in [0.3, 0.4) is 0 Å². The van der Waals surface area contributed by atoms with E-state index < -0.39 is 12.8 Å². The van der Waals surface area contributed by atoms with Crippen molar-refractivity contribution in [3.63, 3.8) is 0 Å². The van der Waals surface area contributed by atoms with Crippen LogP contribution in [0, 0.1) is 6.92 Å². The first kappa shape index (κ1) is 18.5. The highest BCUT2D eigenvalue weighted by Gasteiger charge is 2.49. The Kier molecular flexibility index (Phi) is 5.33. The lowest BCUT2D eigenvalue weighted by molar-refractivity contribution is 0.255. The maximum Gasteiger partial charge on any atom is 0.344 e. The molecular weight excluding hydrogens is 329 g/mol. The van der Waals surface area contributed by atoms with Crippen molar-refractivity contribution in [2.24, 2.45) is 0 Å². The Balaban J connectivity index is 2.83. The van der Waals surface area contributed by atoms with E-state index in [0.29, 0.717) is 22.4 Å². The van der Waals surface area contributed by atoms with E-state index in [0.717, 1.165) is 0 Å². The summed E-state index contributed by atoms with van der Waals surface area (Å²) in [4.78, 5) is 4.13. The van der Waals surface area contributed by atoms with Gasteiger partial charge < -0.3 is 18.9 Å². The molecule has 0 spiro atoms. The summed E-state index contributed by atoms with van der Waals surface area (Å²) < 4.78 is 29.2. The van der Waals surface area contributed by atoms with Gasteiger partial charge in [-0.05, 0) is 42.7 Å². The van der Waals surface area contributed by atoms with E-state index in [4.69, 9.17) is 13.8 Å². The minimum atomic E-state index is -3.59. The first-order valence-electron chi connectivity index (χ1n) is 7.34. The average molecular weight is 351 g/mol. The molecule has 0 aliphatic rings. The molecule has 1 N–H and O–H groups in total. The molecule has 6 nitrogen and oxygen atoms in total. The third-order valence-electron chi connectivity index (χ3n) is 4.30. The molecule has 130 valence electrons. The predicted octanol–water partition coefficient (Wildman–Crippen LogP) is 3.85. The van der Waals surface area contributed by atoms with Crippen LogP contribution in [-0.4, -0.2) is 31.4 Å². The van der Waals surface area contributed by atoms with Crippen molar-refractivity contribution in [1.29, 1.82) is 0 Å². The normalized spacial score (nSPS) is 14.2. The zero-order valence-corrected chi connectivity index (χ0v) is 15.3. The standard InChI is InChI=1S/C17H22NO5P/c1-12-9-14(10-15(21-3)16(12)19)17(2,24(20,22-4)23-5)13-7-6-8-18-11-13/h6-11,19H,1-5H3. The van der Waals surface area contributed by atoms with E-state index in [9.17, 15) is 9.67 Å². The van der Waals surface area contributed by atoms with Gasteiger partial charge in [-0.3, -0.25) is 9.55 Å². The minimum absolute atomic E-state index is 0.0412. The van der Waals surface area contributed by atoms with Crippen LogP contribution in [0.2, 0.25) is 0 Å². The second-order valence-electron chi connectivity index (χ2n) is 5.52. The highest BCUT2D eigenvalue weighted by atomic mass is 31.2. The summed E-state index contributed by atoms with van der Waals surface area (Å²) in [6.45, 7) is 3.51. The molecule has 0 amide bonds. The Bertz CT molecular complexity index is 757. The van der Waals surface area contributed by atoms with Crippen LogP contribution in [-0.2, 0) is 18.8 Å². The Morgan fingerprint density at radius 2 is 1.83 bits per heavy atom. The van der Waals surface area contributed by atoms with Gasteiger partial charge in [-0.25, -0.2) is 0 Å². The molecule has 0 saturated heterocycles. The van der Waals surface area contributed by atoms with Crippen molar-refractivity contribution in [3.05, 3.63) is 53.3 Å². The zero-order chi connectivity index (χ0) is 18.0. The van der Waals surface area contributed by atoms with Gasteiger partial charge in [0.25, 0.3) is 0 Å². The average Bonchev–Trinajstić information content (AvgIpc) is 2.63. The summed E-state index contributed by atoms with van der Waals surface area (Å²) in [5.41, 5.74) is 1.90. The summed E-state index contributed by atoms with van der Waals surface area (Å²) >= 11 is 0. The number of pyridine rings is 1. The van der Waals surface area contributed by atoms with E-state index in [-0.39, 0.29) is 5.75 Å². The molecule has 1 atom stereocenters. The molecule has 1 unspecified atom stereocenters. The monoisotopic (exact) mass is 351 g/mol. The molecule has 0 aliphatic carbocycles. The second kappa shape index (κ2) is 6.93. The number of hydrogen-bond donors (Lipinski definition) is 1. The van der Waals surface area contributed by atoms with Gasteiger partial charge in [-0.1, -0.05) is 12.1 Å². The van der Waals surface area contributed by atoms with E-state index in [1.165, 1.54) is 21.3 Å². The number of rotatable bonds is 6. The molecular formula is C17H22NO5P. The molecule has 24 heavy (non-hydrogen) atoms. The number of aromatic nitrogens is 1. The van der Waals surface area contributed by atoms with Gasteiger partial charge in [-0.15, -0.1) is 0 Å². The van der Waals surface area contributed by atoms with Crippen molar-refractivity contribution in [3.8, 4) is 11.5 Å². The largest absolute Gasteiger partial charge is 0.504 e. The van der Waals surface area contributed by atoms with Gasteiger partial charge >= 0.3 is 7.60 Å². The summed E-state index contributed by atoms with van der Waals surface area (Å²) in [5, 5.41) is 8.98. The van der Waals surface area contributed by atoms with Gasteiger partial charge in [0.05, 0.1) is 7.11 Å².